The van der Waals surface area contributed by atoms with Gasteiger partial charge in [-0.3, -0.25) is 0 Å². The van der Waals surface area contributed by atoms with E-state index in [1.165, 1.54) is 0 Å². The fraction of sp³-hybridized carbons (Fsp3) is 1.00. The van der Waals surface area contributed by atoms with Crippen LogP contribution in [0.2, 0.25) is 0 Å². The molecule has 2 atom stereocenters. The van der Waals surface area contributed by atoms with Gasteiger partial charge in [-0.05, 0) is 18.8 Å². The molecule has 0 aromatic carbocycles. The summed E-state index contributed by atoms with van der Waals surface area (Å²) in [5, 5.41) is 9.59. The molecular weight excluding hydrogens is 180 g/mol. The second-order valence-electron chi connectivity index (χ2n) is 4.82. The molecule has 0 aromatic heterocycles. The highest BCUT2D eigenvalue weighted by molar-refractivity contribution is 4.99. The minimum absolute atomic E-state index is 0.147. The molecule has 1 saturated carbocycles. The number of aliphatic hydroxyl groups is 1. The van der Waals surface area contributed by atoms with E-state index >= 15 is 0 Å². The first-order valence-electron chi connectivity index (χ1n) is 5.53. The van der Waals surface area contributed by atoms with Crippen LogP contribution >= 0.6 is 0 Å². The van der Waals surface area contributed by atoms with Gasteiger partial charge in [-0.15, -0.1) is 0 Å². The molecule has 2 fully saturated rings. The molecule has 0 bridgehead atoms. The van der Waals surface area contributed by atoms with E-state index in [0.29, 0.717) is 19.1 Å². The summed E-state index contributed by atoms with van der Waals surface area (Å²) in [5.41, 5.74) is -0.234. The van der Waals surface area contributed by atoms with Crippen LogP contribution in [0.5, 0.6) is 0 Å². The van der Waals surface area contributed by atoms with Gasteiger partial charge in [-0.2, -0.15) is 0 Å². The number of aliphatic hydroxyl groups excluding tert-OH is 1. The van der Waals surface area contributed by atoms with Crippen molar-refractivity contribution < 1.29 is 14.6 Å². The summed E-state index contributed by atoms with van der Waals surface area (Å²) in [6.07, 6.45) is 3.22. The highest BCUT2D eigenvalue weighted by Crippen LogP contribution is 2.51. The average molecular weight is 200 g/mol. The molecule has 82 valence electrons. The molecule has 3 heteroatoms. The lowest BCUT2D eigenvalue weighted by Crippen LogP contribution is -2.55. The molecule has 1 N–H and O–H groups in total. The van der Waals surface area contributed by atoms with Crippen LogP contribution in [0.1, 0.15) is 33.1 Å². The molecule has 0 amide bonds. The van der Waals surface area contributed by atoms with Gasteiger partial charge < -0.3 is 14.6 Å². The maximum absolute atomic E-state index is 9.59. The van der Waals surface area contributed by atoms with Gasteiger partial charge in [0.05, 0.1) is 19.8 Å². The van der Waals surface area contributed by atoms with E-state index in [1.54, 1.807) is 0 Å². The quantitative estimate of drug-likeness (QED) is 0.698. The maximum Gasteiger partial charge on any atom is 0.176 e. The van der Waals surface area contributed by atoms with Crippen LogP contribution in [0.25, 0.3) is 0 Å². The average Bonchev–Trinajstić information content (AvgIpc) is 2.64. The van der Waals surface area contributed by atoms with Gasteiger partial charge in [-0.1, -0.05) is 13.8 Å². The van der Waals surface area contributed by atoms with E-state index in [4.69, 9.17) is 9.47 Å². The zero-order valence-electron chi connectivity index (χ0n) is 9.08. The van der Waals surface area contributed by atoms with Crippen LogP contribution < -0.4 is 0 Å². The van der Waals surface area contributed by atoms with Crippen molar-refractivity contribution in [3.05, 3.63) is 0 Å². The van der Waals surface area contributed by atoms with Crippen molar-refractivity contribution in [2.75, 3.05) is 19.8 Å². The highest BCUT2D eigenvalue weighted by atomic mass is 16.7. The minimum atomic E-state index is -0.501. The third-order valence-electron chi connectivity index (χ3n) is 4.18. The molecule has 14 heavy (non-hydrogen) atoms. The Hall–Kier alpha value is -0.120. The maximum atomic E-state index is 9.59. The van der Waals surface area contributed by atoms with Gasteiger partial charge in [0.2, 0.25) is 0 Å². The second-order valence-corrected chi connectivity index (χ2v) is 4.82. The fourth-order valence-corrected chi connectivity index (χ4v) is 2.83. The summed E-state index contributed by atoms with van der Waals surface area (Å²) >= 11 is 0. The largest absolute Gasteiger partial charge is 0.396 e. The van der Waals surface area contributed by atoms with Crippen molar-refractivity contribution in [1.29, 1.82) is 0 Å². The Labute approximate surface area is 85.4 Å². The molecule has 2 rings (SSSR count). The van der Waals surface area contributed by atoms with Gasteiger partial charge in [0, 0.05) is 11.8 Å². The first-order valence-corrected chi connectivity index (χ1v) is 5.53. The molecule has 1 aliphatic heterocycles. The predicted octanol–water partition coefficient (Wildman–Crippen LogP) is 1.55. The zero-order chi connectivity index (χ0) is 10.2. The topological polar surface area (TPSA) is 38.7 Å². The molecule has 1 heterocycles. The molecule has 0 unspecified atom stereocenters. The lowest BCUT2D eigenvalue weighted by Gasteiger charge is -2.50. The van der Waals surface area contributed by atoms with E-state index < -0.39 is 5.79 Å². The molecular formula is C11H20O3. The summed E-state index contributed by atoms with van der Waals surface area (Å²) in [4.78, 5) is 0. The lowest BCUT2D eigenvalue weighted by atomic mass is 9.64. The standard InChI is InChI=1S/C11H20O3/c1-9-4-3-5-11(10(9,2)8-12)13-6-7-14-11/h9,12H,3-8H2,1-2H3/t9-,10+/m0/s1. The Balaban J connectivity index is 2.28. The van der Waals surface area contributed by atoms with Gasteiger partial charge in [0.1, 0.15) is 0 Å². The van der Waals surface area contributed by atoms with Crippen LogP contribution in [0.15, 0.2) is 0 Å². The van der Waals surface area contributed by atoms with Crippen molar-refractivity contribution in [2.45, 2.75) is 38.9 Å². The van der Waals surface area contributed by atoms with Gasteiger partial charge in [0.25, 0.3) is 0 Å². The third-order valence-corrected chi connectivity index (χ3v) is 4.18. The predicted molar refractivity (Wildman–Crippen MR) is 52.8 cm³/mol. The Morgan fingerprint density at radius 3 is 2.57 bits per heavy atom. The Kier molecular flexibility index (Phi) is 2.58. The molecule has 1 spiro atoms. The molecule has 2 aliphatic rings. The van der Waals surface area contributed by atoms with Crippen LogP contribution in [0, 0.1) is 11.3 Å². The molecule has 1 saturated heterocycles. The van der Waals surface area contributed by atoms with Crippen LogP contribution in [-0.4, -0.2) is 30.7 Å². The Bertz CT molecular complexity index is 211. The van der Waals surface area contributed by atoms with Crippen molar-refractivity contribution in [3.8, 4) is 0 Å². The van der Waals surface area contributed by atoms with E-state index in [1.807, 2.05) is 0 Å². The van der Waals surface area contributed by atoms with E-state index in [9.17, 15) is 5.11 Å². The SMILES string of the molecule is C[C@H]1CCCC2(OCCO2)[C@]1(C)CO. The summed E-state index contributed by atoms with van der Waals surface area (Å²) in [7, 11) is 0. The summed E-state index contributed by atoms with van der Waals surface area (Å²) in [6, 6.07) is 0. The zero-order valence-corrected chi connectivity index (χ0v) is 9.08. The molecule has 0 aromatic rings. The molecule has 3 nitrogen and oxygen atoms in total. The van der Waals surface area contributed by atoms with Crippen LogP contribution in [0.4, 0.5) is 0 Å². The van der Waals surface area contributed by atoms with E-state index in [-0.39, 0.29) is 12.0 Å². The smallest absolute Gasteiger partial charge is 0.176 e. The minimum Gasteiger partial charge on any atom is -0.396 e. The Morgan fingerprint density at radius 2 is 2.00 bits per heavy atom. The van der Waals surface area contributed by atoms with Gasteiger partial charge in [0.15, 0.2) is 5.79 Å². The highest BCUT2D eigenvalue weighted by Gasteiger charge is 2.56. The summed E-state index contributed by atoms with van der Waals surface area (Å²) in [6.45, 7) is 5.75. The van der Waals surface area contributed by atoms with E-state index in [0.717, 1.165) is 19.3 Å². The lowest BCUT2D eigenvalue weighted by molar-refractivity contribution is -0.275. The number of hydrogen-bond donors (Lipinski definition) is 1. The first kappa shape index (κ1) is 10.4. The van der Waals surface area contributed by atoms with Crippen molar-refractivity contribution in [2.24, 2.45) is 11.3 Å². The van der Waals surface area contributed by atoms with Crippen LogP contribution in [-0.2, 0) is 9.47 Å². The van der Waals surface area contributed by atoms with Crippen LogP contribution in [0.3, 0.4) is 0 Å². The number of rotatable bonds is 1. The van der Waals surface area contributed by atoms with Crippen molar-refractivity contribution >= 4 is 0 Å². The molecule has 1 aliphatic carbocycles. The fourth-order valence-electron chi connectivity index (χ4n) is 2.83. The second kappa shape index (κ2) is 3.47. The van der Waals surface area contributed by atoms with E-state index in [2.05, 4.69) is 13.8 Å². The monoisotopic (exact) mass is 200 g/mol. The van der Waals surface area contributed by atoms with Crippen molar-refractivity contribution in [3.63, 3.8) is 0 Å². The number of ether oxygens (including phenoxy) is 2. The van der Waals surface area contributed by atoms with Gasteiger partial charge >= 0.3 is 0 Å². The van der Waals surface area contributed by atoms with Crippen molar-refractivity contribution in [1.82, 2.24) is 0 Å². The van der Waals surface area contributed by atoms with Gasteiger partial charge in [-0.25, -0.2) is 0 Å². The summed E-state index contributed by atoms with van der Waals surface area (Å²) in [5.74, 6) is -0.0428. The first-order chi connectivity index (χ1) is 6.65. The number of hydrogen-bond acceptors (Lipinski definition) is 3. The third kappa shape index (κ3) is 1.23. The molecule has 0 radical (unpaired) electrons. The normalized spacial score (nSPS) is 41.8. The summed E-state index contributed by atoms with van der Waals surface area (Å²) < 4.78 is 11.6. The Morgan fingerprint density at radius 1 is 1.36 bits per heavy atom.